The average Bonchev–Trinajstić information content (AvgIpc) is 2.67. The van der Waals surface area contributed by atoms with E-state index in [1.165, 1.54) is 63.8 Å². The number of benzene rings is 2. The van der Waals surface area contributed by atoms with E-state index in [4.69, 9.17) is 0 Å². The van der Waals surface area contributed by atoms with Gasteiger partial charge in [0.2, 0.25) is 0 Å². The molecule has 4 heteroatoms. The molecule has 0 aromatic heterocycles. The number of halogens is 1. The van der Waals surface area contributed by atoms with Gasteiger partial charge in [-0.15, -0.1) is 0 Å². The van der Waals surface area contributed by atoms with E-state index in [-0.39, 0.29) is 24.0 Å². The van der Waals surface area contributed by atoms with Gasteiger partial charge in [-0.05, 0) is 0 Å². The minimum atomic E-state index is -2.72. The number of hydrogen-bond acceptors (Lipinski definition) is 1. The predicted octanol–water partition coefficient (Wildman–Crippen LogP) is -0.194. The van der Waals surface area contributed by atoms with Crippen molar-refractivity contribution in [3.8, 4) is 0 Å². The second-order valence-electron chi connectivity index (χ2n) is 7.93. The molecule has 0 atom stereocenters. The molecule has 0 amide bonds. The van der Waals surface area contributed by atoms with E-state index in [2.05, 4.69) is 67.7 Å². The quantitative estimate of drug-likeness (QED) is 0.302. The molecule has 1 aliphatic rings. The first kappa shape index (κ1) is 21.9. The molecule has 0 unspecified atom stereocenters. The van der Waals surface area contributed by atoms with Gasteiger partial charge in [0.05, 0.1) is 0 Å². The molecule has 1 saturated heterocycles. The monoisotopic (exact) mass is 527 g/mol. The summed E-state index contributed by atoms with van der Waals surface area (Å²) in [6.07, 6.45) is 5.38. The Morgan fingerprint density at radius 1 is 0.846 bits per heavy atom. The van der Waals surface area contributed by atoms with Crippen molar-refractivity contribution in [1.82, 2.24) is 0 Å². The van der Waals surface area contributed by atoms with Crippen molar-refractivity contribution < 1.29 is 33.6 Å². The first-order valence-corrected chi connectivity index (χ1v) is 14.8. The SMILES string of the molecule is C[N+]1(CC[CH2][Ge]([CH2]O)([c]2ccccc2)[c]2ccccc2)CCCCC1.[I-]. The summed E-state index contributed by atoms with van der Waals surface area (Å²) >= 11 is -2.72. The van der Waals surface area contributed by atoms with Crippen LogP contribution in [0.2, 0.25) is 5.25 Å². The van der Waals surface area contributed by atoms with Crippen molar-refractivity contribution in [3.05, 3.63) is 60.7 Å². The second-order valence-corrected chi connectivity index (χ2v) is 16.6. The largest absolute Gasteiger partial charge is 1.00 e. The minimum absolute atomic E-state index is 0. The molecule has 0 aliphatic carbocycles. The molecule has 1 fully saturated rings. The van der Waals surface area contributed by atoms with Gasteiger partial charge in [0.1, 0.15) is 0 Å². The van der Waals surface area contributed by atoms with Gasteiger partial charge in [0.15, 0.2) is 0 Å². The number of nitrogens with zero attached hydrogens (tertiary/aromatic N) is 1. The summed E-state index contributed by atoms with van der Waals surface area (Å²) in [5, 5.41) is 11.7. The van der Waals surface area contributed by atoms with E-state index in [0.29, 0.717) is 5.44 Å². The number of aliphatic hydroxyl groups excluding tert-OH is 1. The van der Waals surface area contributed by atoms with Crippen LogP contribution in [-0.2, 0) is 0 Å². The van der Waals surface area contributed by atoms with Crippen molar-refractivity contribution in [1.29, 1.82) is 0 Å². The van der Waals surface area contributed by atoms with E-state index in [9.17, 15) is 5.11 Å². The van der Waals surface area contributed by atoms with Crippen molar-refractivity contribution in [2.24, 2.45) is 0 Å². The molecule has 0 bridgehead atoms. The van der Waals surface area contributed by atoms with E-state index < -0.39 is 13.3 Å². The number of piperidine rings is 1. The Morgan fingerprint density at radius 3 is 1.81 bits per heavy atom. The fourth-order valence-electron chi connectivity index (χ4n) is 4.49. The van der Waals surface area contributed by atoms with Crippen LogP contribution in [0.15, 0.2) is 60.7 Å². The smallest absolute Gasteiger partial charge is 1.00 e. The maximum atomic E-state index is 10.6. The van der Waals surface area contributed by atoms with Crippen molar-refractivity contribution in [2.45, 2.75) is 30.9 Å². The zero-order valence-electron chi connectivity index (χ0n) is 15.9. The molecule has 1 heterocycles. The van der Waals surface area contributed by atoms with Gasteiger partial charge in [-0.25, -0.2) is 0 Å². The molecule has 142 valence electrons. The van der Waals surface area contributed by atoms with Gasteiger partial charge < -0.3 is 24.0 Å². The van der Waals surface area contributed by atoms with Crippen molar-refractivity contribution in [2.75, 3.05) is 32.1 Å². The van der Waals surface area contributed by atoms with E-state index in [1.807, 2.05) is 0 Å². The first-order chi connectivity index (χ1) is 12.2. The van der Waals surface area contributed by atoms with Gasteiger partial charge in [-0.1, -0.05) is 0 Å². The minimum Gasteiger partial charge on any atom is -1.00 e. The summed E-state index contributed by atoms with van der Waals surface area (Å²) in [4.78, 5) is 0. The summed E-state index contributed by atoms with van der Waals surface area (Å²) in [6.45, 7) is 3.91. The van der Waals surface area contributed by atoms with E-state index in [0.717, 1.165) is 0 Å². The van der Waals surface area contributed by atoms with Crippen LogP contribution in [-0.4, -0.2) is 55.0 Å². The van der Waals surface area contributed by atoms with Gasteiger partial charge in [-0.2, -0.15) is 0 Å². The van der Waals surface area contributed by atoms with Crippen LogP contribution in [0.3, 0.4) is 0 Å². The third-order valence-corrected chi connectivity index (χ3v) is 15.8. The fraction of sp³-hybridized carbons (Fsp3) is 0.455. The standard InChI is InChI=1S/C22H32GeNO.HI/c1-24(17-9-4-10-18-24)19-11-16-23(20-25,21-12-5-2-6-13-21)22-14-7-3-8-15-22;/h2-3,5-8,12-15,25H,4,9-11,16-20H2,1H3;1H/q+1;/p-1. The zero-order chi connectivity index (χ0) is 17.6. The van der Waals surface area contributed by atoms with Crippen LogP contribution in [0.5, 0.6) is 0 Å². The van der Waals surface area contributed by atoms with E-state index in [1.54, 1.807) is 0 Å². The average molecular weight is 526 g/mol. The second kappa shape index (κ2) is 10.3. The number of quaternary nitrogens is 1. The Bertz CT molecular complexity index is 604. The van der Waals surface area contributed by atoms with Gasteiger partial charge >= 0.3 is 155 Å². The molecule has 0 saturated carbocycles. The molecule has 1 N–H and O–H groups in total. The van der Waals surface area contributed by atoms with Crippen LogP contribution in [0.1, 0.15) is 25.7 Å². The molecule has 26 heavy (non-hydrogen) atoms. The number of rotatable bonds is 7. The Hall–Kier alpha value is -0.367. The summed E-state index contributed by atoms with van der Waals surface area (Å²) in [5.74, 6) is 0. The fourth-order valence-corrected chi connectivity index (χ4v) is 12.6. The molecule has 3 rings (SSSR count). The van der Waals surface area contributed by atoms with Crippen LogP contribution >= 0.6 is 0 Å². The Balaban J connectivity index is 0.00000243. The van der Waals surface area contributed by atoms with Gasteiger partial charge in [-0.3, -0.25) is 0 Å². The first-order valence-electron chi connectivity index (χ1n) is 9.74. The summed E-state index contributed by atoms with van der Waals surface area (Å²) < 4.78 is 4.06. The topological polar surface area (TPSA) is 20.2 Å². The third-order valence-electron chi connectivity index (χ3n) is 6.12. The molecular formula is C22H32GeINO. The van der Waals surface area contributed by atoms with Crippen LogP contribution in [0, 0.1) is 0 Å². The molecule has 2 aromatic rings. The predicted molar refractivity (Wildman–Crippen MR) is 109 cm³/mol. The molecule has 0 spiro atoms. The van der Waals surface area contributed by atoms with Crippen molar-refractivity contribution in [3.63, 3.8) is 0 Å². The van der Waals surface area contributed by atoms with Crippen LogP contribution in [0.25, 0.3) is 0 Å². The summed E-state index contributed by atoms with van der Waals surface area (Å²) in [5.41, 5.74) is 0.345. The maximum Gasteiger partial charge on any atom is -1.00 e. The summed E-state index contributed by atoms with van der Waals surface area (Å²) in [7, 11) is 2.43. The van der Waals surface area contributed by atoms with Gasteiger partial charge in [0, 0.05) is 0 Å². The summed E-state index contributed by atoms with van der Waals surface area (Å²) in [6, 6.07) is 21.7. The van der Waals surface area contributed by atoms with E-state index >= 15 is 0 Å². The number of aliphatic hydroxyl groups is 1. The molecule has 0 radical (unpaired) electrons. The number of hydrogen-bond donors (Lipinski definition) is 1. The normalized spacial score (nSPS) is 16.7. The molecule has 2 nitrogen and oxygen atoms in total. The Kier molecular flexibility index (Phi) is 8.65. The molecular weight excluding hydrogens is 494 g/mol. The van der Waals surface area contributed by atoms with Crippen LogP contribution < -0.4 is 32.8 Å². The van der Waals surface area contributed by atoms with Crippen molar-refractivity contribution >= 4 is 22.1 Å². The maximum absolute atomic E-state index is 10.6. The Labute approximate surface area is 178 Å². The van der Waals surface area contributed by atoms with Gasteiger partial charge in [0.25, 0.3) is 0 Å². The van der Waals surface area contributed by atoms with Crippen LogP contribution in [0.4, 0.5) is 0 Å². The molecule has 1 aliphatic heterocycles. The third kappa shape index (κ3) is 5.12. The Morgan fingerprint density at radius 2 is 1.35 bits per heavy atom. The molecule has 2 aromatic carbocycles. The number of likely N-dealkylation sites (tertiary alicyclic amines) is 1. The zero-order valence-corrected chi connectivity index (χ0v) is 20.2.